The summed E-state index contributed by atoms with van der Waals surface area (Å²) in [7, 11) is 0. The molecule has 0 aliphatic carbocycles. The molecular formula is C13H31IN4. The number of aliphatic imine (C=N–C) groups is 1. The highest BCUT2D eigenvalue weighted by atomic mass is 127. The fourth-order valence-corrected chi connectivity index (χ4v) is 1.64. The van der Waals surface area contributed by atoms with Gasteiger partial charge in [0, 0.05) is 13.1 Å². The largest absolute Gasteiger partial charge is 0.370 e. The highest BCUT2D eigenvalue weighted by Gasteiger charge is 1.97. The molecule has 0 aliphatic rings. The standard InChI is InChI=1S/C13H30N4.HI/c1-4-7-10-15-13(14)16-11-8-9-12-17(5-2)6-3;/h4-12H2,1-3H3,(H3,14,15,16);1H. The minimum Gasteiger partial charge on any atom is -0.370 e. The quantitative estimate of drug-likeness (QED) is 0.269. The van der Waals surface area contributed by atoms with Crippen molar-refractivity contribution in [3.05, 3.63) is 0 Å². The first-order valence-corrected chi connectivity index (χ1v) is 7.00. The lowest BCUT2D eigenvalue weighted by atomic mass is 10.3. The van der Waals surface area contributed by atoms with Crippen LogP contribution in [0.3, 0.4) is 0 Å². The van der Waals surface area contributed by atoms with E-state index >= 15 is 0 Å². The van der Waals surface area contributed by atoms with Gasteiger partial charge >= 0.3 is 0 Å². The SMILES string of the molecule is CCCCNC(N)=NCCCCN(CC)CC.I. The van der Waals surface area contributed by atoms with Crippen LogP contribution in [0, 0.1) is 0 Å². The Kier molecular flexibility index (Phi) is 16.9. The fraction of sp³-hybridized carbons (Fsp3) is 0.923. The van der Waals surface area contributed by atoms with E-state index in [2.05, 4.69) is 36.0 Å². The van der Waals surface area contributed by atoms with Crippen molar-refractivity contribution in [1.29, 1.82) is 0 Å². The molecule has 0 heterocycles. The van der Waals surface area contributed by atoms with E-state index in [0.29, 0.717) is 5.96 Å². The molecule has 3 N–H and O–H groups in total. The monoisotopic (exact) mass is 370 g/mol. The van der Waals surface area contributed by atoms with Gasteiger partial charge in [-0.2, -0.15) is 0 Å². The first-order valence-electron chi connectivity index (χ1n) is 7.00. The second kappa shape index (κ2) is 15.0. The molecule has 0 amide bonds. The van der Waals surface area contributed by atoms with E-state index < -0.39 is 0 Å². The number of nitrogens with one attached hydrogen (secondary N) is 1. The molecule has 0 radical (unpaired) electrons. The first kappa shape index (κ1) is 20.3. The predicted molar refractivity (Wildman–Crippen MR) is 91.8 cm³/mol. The van der Waals surface area contributed by atoms with Crippen LogP contribution >= 0.6 is 24.0 Å². The van der Waals surface area contributed by atoms with Gasteiger partial charge in [0.05, 0.1) is 0 Å². The number of nitrogens with zero attached hydrogens (tertiary/aromatic N) is 2. The number of nitrogens with two attached hydrogens (primary N) is 1. The second-order valence-electron chi connectivity index (χ2n) is 4.28. The van der Waals surface area contributed by atoms with Crippen molar-refractivity contribution in [3.63, 3.8) is 0 Å². The molecule has 0 unspecified atom stereocenters. The van der Waals surface area contributed by atoms with Crippen molar-refractivity contribution in [3.8, 4) is 0 Å². The summed E-state index contributed by atoms with van der Waals surface area (Å²) in [5, 5.41) is 3.12. The van der Waals surface area contributed by atoms with Crippen molar-refractivity contribution < 1.29 is 0 Å². The molecule has 110 valence electrons. The van der Waals surface area contributed by atoms with E-state index in [9.17, 15) is 0 Å². The first-order chi connectivity index (χ1) is 8.24. The summed E-state index contributed by atoms with van der Waals surface area (Å²) in [6, 6.07) is 0. The summed E-state index contributed by atoms with van der Waals surface area (Å²) in [6.45, 7) is 11.8. The fourth-order valence-electron chi connectivity index (χ4n) is 1.64. The summed E-state index contributed by atoms with van der Waals surface area (Å²) in [5.74, 6) is 0.598. The number of hydrogen-bond acceptors (Lipinski definition) is 2. The number of halogens is 1. The molecule has 0 aromatic rings. The Morgan fingerprint density at radius 2 is 1.78 bits per heavy atom. The van der Waals surface area contributed by atoms with E-state index in [0.717, 1.165) is 39.0 Å². The van der Waals surface area contributed by atoms with Crippen molar-refractivity contribution in [1.82, 2.24) is 10.2 Å². The van der Waals surface area contributed by atoms with E-state index in [4.69, 9.17) is 5.73 Å². The molecule has 5 heteroatoms. The highest BCUT2D eigenvalue weighted by molar-refractivity contribution is 14.0. The maximum Gasteiger partial charge on any atom is 0.188 e. The normalized spacial score (nSPS) is 11.4. The molecule has 0 saturated heterocycles. The molecule has 0 aliphatic heterocycles. The third-order valence-electron chi connectivity index (χ3n) is 2.90. The smallest absolute Gasteiger partial charge is 0.188 e. The van der Waals surface area contributed by atoms with Crippen LogP contribution in [-0.2, 0) is 0 Å². The van der Waals surface area contributed by atoms with Gasteiger partial charge in [-0.15, -0.1) is 24.0 Å². The summed E-state index contributed by atoms with van der Waals surface area (Å²) in [5.41, 5.74) is 5.74. The Bertz CT molecular complexity index is 193. The number of guanidine groups is 1. The zero-order chi connectivity index (χ0) is 12.9. The van der Waals surface area contributed by atoms with E-state index in [1.54, 1.807) is 0 Å². The van der Waals surface area contributed by atoms with Crippen molar-refractivity contribution in [2.45, 2.75) is 46.5 Å². The maximum absolute atomic E-state index is 5.74. The van der Waals surface area contributed by atoms with Crippen LogP contribution < -0.4 is 11.1 Å². The van der Waals surface area contributed by atoms with E-state index in [-0.39, 0.29) is 24.0 Å². The molecule has 0 aromatic heterocycles. The van der Waals surface area contributed by atoms with E-state index in [1.807, 2.05) is 0 Å². The molecule has 0 aromatic carbocycles. The van der Waals surface area contributed by atoms with Crippen LogP contribution in [0.25, 0.3) is 0 Å². The number of unbranched alkanes of at least 4 members (excludes halogenated alkanes) is 2. The Labute approximate surface area is 130 Å². The summed E-state index contributed by atoms with van der Waals surface area (Å²) in [4.78, 5) is 6.75. The molecule has 0 bridgehead atoms. The van der Waals surface area contributed by atoms with E-state index in [1.165, 1.54) is 19.4 Å². The highest BCUT2D eigenvalue weighted by Crippen LogP contribution is 1.95. The zero-order valence-corrected chi connectivity index (χ0v) is 14.6. The molecule has 0 atom stereocenters. The zero-order valence-electron chi connectivity index (χ0n) is 12.2. The molecule has 0 rings (SSSR count). The molecule has 18 heavy (non-hydrogen) atoms. The predicted octanol–water partition coefficient (Wildman–Crippen LogP) is 2.43. The topological polar surface area (TPSA) is 53.6 Å². The van der Waals surface area contributed by atoms with Crippen LogP contribution in [0.15, 0.2) is 4.99 Å². The van der Waals surface area contributed by atoms with Gasteiger partial charge in [0.25, 0.3) is 0 Å². The Morgan fingerprint density at radius 3 is 2.33 bits per heavy atom. The van der Waals surface area contributed by atoms with Gasteiger partial charge in [-0.1, -0.05) is 27.2 Å². The molecule has 0 spiro atoms. The summed E-state index contributed by atoms with van der Waals surface area (Å²) < 4.78 is 0. The van der Waals surface area contributed by atoms with Crippen LogP contribution in [0.2, 0.25) is 0 Å². The van der Waals surface area contributed by atoms with Gasteiger partial charge in [0.15, 0.2) is 5.96 Å². The van der Waals surface area contributed by atoms with Crippen molar-refractivity contribution in [2.24, 2.45) is 10.7 Å². The van der Waals surface area contributed by atoms with Gasteiger partial charge < -0.3 is 16.0 Å². The van der Waals surface area contributed by atoms with Crippen molar-refractivity contribution >= 4 is 29.9 Å². The Balaban J connectivity index is 0. The third-order valence-corrected chi connectivity index (χ3v) is 2.90. The van der Waals surface area contributed by atoms with Gasteiger partial charge in [0.1, 0.15) is 0 Å². The number of rotatable bonds is 10. The maximum atomic E-state index is 5.74. The average molecular weight is 370 g/mol. The summed E-state index contributed by atoms with van der Waals surface area (Å²) in [6.07, 6.45) is 4.66. The molecule has 0 saturated carbocycles. The molecule has 0 fully saturated rings. The lowest BCUT2D eigenvalue weighted by Gasteiger charge is -2.17. The van der Waals surface area contributed by atoms with Crippen LogP contribution in [0.1, 0.15) is 46.5 Å². The third kappa shape index (κ3) is 12.4. The minimum atomic E-state index is 0. The van der Waals surface area contributed by atoms with Crippen LogP contribution in [-0.4, -0.2) is 43.6 Å². The van der Waals surface area contributed by atoms with Crippen LogP contribution in [0.5, 0.6) is 0 Å². The summed E-state index contributed by atoms with van der Waals surface area (Å²) >= 11 is 0. The minimum absolute atomic E-state index is 0. The van der Waals surface area contributed by atoms with Crippen molar-refractivity contribution in [2.75, 3.05) is 32.7 Å². The Morgan fingerprint density at radius 1 is 1.11 bits per heavy atom. The van der Waals surface area contributed by atoms with Gasteiger partial charge in [0.2, 0.25) is 0 Å². The van der Waals surface area contributed by atoms with Gasteiger partial charge in [-0.25, -0.2) is 0 Å². The Hall–Kier alpha value is -0.0400. The lowest BCUT2D eigenvalue weighted by Crippen LogP contribution is -2.32. The van der Waals surface area contributed by atoms with Gasteiger partial charge in [-0.05, 0) is 38.9 Å². The van der Waals surface area contributed by atoms with Crippen LogP contribution in [0.4, 0.5) is 0 Å². The second-order valence-corrected chi connectivity index (χ2v) is 4.28. The average Bonchev–Trinajstić information content (AvgIpc) is 2.34. The number of hydrogen-bond donors (Lipinski definition) is 2. The molecule has 4 nitrogen and oxygen atoms in total. The molecular weight excluding hydrogens is 339 g/mol. The van der Waals surface area contributed by atoms with Gasteiger partial charge in [-0.3, -0.25) is 4.99 Å². The lowest BCUT2D eigenvalue weighted by molar-refractivity contribution is 0.297.